The third-order valence-corrected chi connectivity index (χ3v) is 2.95. The molecule has 1 aliphatic rings. The Balaban J connectivity index is 2.27. The van der Waals surface area contributed by atoms with E-state index in [0.717, 1.165) is 12.8 Å². The maximum atomic E-state index is 11.8. The highest BCUT2D eigenvalue weighted by molar-refractivity contribution is 5.85. The van der Waals surface area contributed by atoms with E-state index in [0.29, 0.717) is 19.1 Å². The van der Waals surface area contributed by atoms with Gasteiger partial charge in [0.1, 0.15) is 6.04 Å². The number of hydrogen-bond acceptors (Lipinski definition) is 7. The third-order valence-electron chi connectivity index (χ3n) is 2.95. The van der Waals surface area contributed by atoms with Crippen LogP contribution in [-0.4, -0.2) is 47.1 Å². The van der Waals surface area contributed by atoms with Crippen LogP contribution in [0.5, 0.6) is 6.01 Å². The Labute approximate surface area is 111 Å². The summed E-state index contributed by atoms with van der Waals surface area (Å²) in [5.74, 6) is 0.438. The molecule has 0 spiro atoms. The fourth-order valence-electron chi connectivity index (χ4n) is 2.13. The highest BCUT2D eigenvalue weighted by Crippen LogP contribution is 2.24. The summed E-state index contributed by atoms with van der Waals surface area (Å²) < 4.78 is 5.24. The number of nitrogens with two attached hydrogens (primary N) is 1. The van der Waals surface area contributed by atoms with E-state index < -0.39 is 0 Å². The van der Waals surface area contributed by atoms with E-state index in [1.165, 1.54) is 0 Å². The van der Waals surface area contributed by atoms with Gasteiger partial charge in [-0.1, -0.05) is 0 Å². The van der Waals surface area contributed by atoms with E-state index >= 15 is 0 Å². The van der Waals surface area contributed by atoms with Crippen LogP contribution in [-0.2, 0) is 4.79 Å². The third kappa shape index (κ3) is 2.83. The van der Waals surface area contributed by atoms with Crippen LogP contribution in [0.25, 0.3) is 0 Å². The lowest BCUT2D eigenvalue weighted by Crippen LogP contribution is -2.42. The number of anilines is 2. The molecule has 1 amide bonds. The van der Waals surface area contributed by atoms with Gasteiger partial charge in [-0.25, -0.2) is 0 Å². The molecule has 2 rings (SSSR count). The fraction of sp³-hybridized carbons (Fsp3) is 0.636. The average Bonchev–Trinajstić information content (AvgIpc) is 2.86. The molecule has 0 saturated carbocycles. The van der Waals surface area contributed by atoms with Gasteiger partial charge in [-0.3, -0.25) is 4.79 Å². The Morgan fingerprint density at radius 3 is 3.00 bits per heavy atom. The van der Waals surface area contributed by atoms with Crippen molar-refractivity contribution in [2.75, 3.05) is 30.8 Å². The quantitative estimate of drug-likeness (QED) is 0.761. The molecule has 0 aliphatic carbocycles. The number of carbonyl (C=O) groups excluding carboxylic acids is 1. The molecule has 0 radical (unpaired) electrons. The fourth-order valence-corrected chi connectivity index (χ4v) is 2.13. The summed E-state index contributed by atoms with van der Waals surface area (Å²) in [6, 6.07) is -0.0752. The predicted molar refractivity (Wildman–Crippen MR) is 69.8 cm³/mol. The second kappa shape index (κ2) is 5.68. The number of nitrogen functional groups attached to an aromatic ring is 1. The molecule has 0 aromatic carbocycles. The summed E-state index contributed by atoms with van der Waals surface area (Å²) in [5.41, 5.74) is 5.64. The molecule has 3 N–H and O–H groups in total. The van der Waals surface area contributed by atoms with Gasteiger partial charge in [0, 0.05) is 13.6 Å². The zero-order chi connectivity index (χ0) is 13.8. The number of nitrogens with zero attached hydrogens (tertiary/aromatic N) is 4. The summed E-state index contributed by atoms with van der Waals surface area (Å²) in [4.78, 5) is 25.8. The van der Waals surface area contributed by atoms with Gasteiger partial charge in [0.15, 0.2) is 0 Å². The van der Waals surface area contributed by atoms with Gasteiger partial charge < -0.3 is 20.7 Å². The van der Waals surface area contributed by atoms with Gasteiger partial charge in [-0.05, 0) is 19.8 Å². The van der Waals surface area contributed by atoms with Gasteiger partial charge >= 0.3 is 6.01 Å². The lowest BCUT2D eigenvalue weighted by atomic mass is 10.2. The SMILES string of the molecule is CCOc1nc(N)nc(N2CCCC2C(=O)NC)n1. The Morgan fingerprint density at radius 2 is 2.32 bits per heavy atom. The number of aromatic nitrogens is 3. The minimum atomic E-state index is -0.263. The monoisotopic (exact) mass is 266 g/mol. The van der Waals surface area contributed by atoms with Gasteiger partial charge in [-0.15, -0.1) is 0 Å². The van der Waals surface area contributed by atoms with Crippen LogP contribution in [0, 0.1) is 0 Å². The van der Waals surface area contributed by atoms with Crippen molar-refractivity contribution in [3.05, 3.63) is 0 Å². The predicted octanol–water partition coefficient (Wildman–Crippen LogP) is -0.433. The molecule has 1 saturated heterocycles. The van der Waals surface area contributed by atoms with Gasteiger partial charge in [0.05, 0.1) is 6.61 Å². The van der Waals surface area contributed by atoms with Crippen LogP contribution in [0.15, 0.2) is 0 Å². The molecule has 1 atom stereocenters. The summed E-state index contributed by atoms with van der Waals surface area (Å²) in [5, 5.41) is 2.65. The molecular weight excluding hydrogens is 248 g/mol. The number of rotatable bonds is 4. The van der Waals surface area contributed by atoms with Crippen LogP contribution in [0.3, 0.4) is 0 Å². The minimum Gasteiger partial charge on any atom is -0.464 e. The highest BCUT2D eigenvalue weighted by atomic mass is 16.5. The first-order chi connectivity index (χ1) is 9.15. The first kappa shape index (κ1) is 13.3. The van der Waals surface area contributed by atoms with Crippen molar-refractivity contribution in [3.63, 3.8) is 0 Å². The van der Waals surface area contributed by atoms with Crippen LogP contribution in [0.2, 0.25) is 0 Å². The lowest BCUT2D eigenvalue weighted by molar-refractivity contribution is -0.121. The molecule has 8 heteroatoms. The van der Waals surface area contributed by atoms with Crippen LogP contribution >= 0.6 is 0 Å². The highest BCUT2D eigenvalue weighted by Gasteiger charge is 2.32. The molecule has 1 aromatic heterocycles. The zero-order valence-corrected chi connectivity index (χ0v) is 11.1. The molecule has 8 nitrogen and oxygen atoms in total. The Bertz CT molecular complexity index is 466. The Hall–Kier alpha value is -2.12. The summed E-state index contributed by atoms with van der Waals surface area (Å²) >= 11 is 0. The standard InChI is InChI=1S/C11H18N6O2/c1-3-19-11-15-9(12)14-10(16-11)17-6-4-5-7(17)8(18)13-2/h7H,3-6H2,1-2H3,(H,13,18)(H2,12,14,15,16). The summed E-state index contributed by atoms with van der Waals surface area (Å²) in [6.07, 6.45) is 1.68. The van der Waals surface area contributed by atoms with Gasteiger partial charge in [-0.2, -0.15) is 15.0 Å². The summed E-state index contributed by atoms with van der Waals surface area (Å²) in [7, 11) is 1.62. The molecule has 104 valence electrons. The Morgan fingerprint density at radius 1 is 1.53 bits per heavy atom. The number of carbonyl (C=O) groups is 1. The largest absolute Gasteiger partial charge is 0.464 e. The first-order valence-electron chi connectivity index (χ1n) is 6.28. The number of ether oxygens (including phenoxy) is 1. The second-order valence-corrected chi connectivity index (χ2v) is 4.17. The Kier molecular flexibility index (Phi) is 3.98. The van der Waals surface area contributed by atoms with E-state index in [4.69, 9.17) is 10.5 Å². The molecule has 19 heavy (non-hydrogen) atoms. The first-order valence-corrected chi connectivity index (χ1v) is 6.28. The molecule has 1 aliphatic heterocycles. The molecular formula is C11H18N6O2. The van der Waals surface area contributed by atoms with Crippen molar-refractivity contribution in [1.29, 1.82) is 0 Å². The maximum Gasteiger partial charge on any atom is 0.323 e. The van der Waals surface area contributed by atoms with Crippen LogP contribution in [0.4, 0.5) is 11.9 Å². The maximum absolute atomic E-state index is 11.8. The second-order valence-electron chi connectivity index (χ2n) is 4.17. The normalized spacial score (nSPS) is 18.4. The molecule has 0 bridgehead atoms. The van der Waals surface area contributed by atoms with Crippen molar-refractivity contribution in [1.82, 2.24) is 20.3 Å². The van der Waals surface area contributed by atoms with E-state index in [-0.39, 0.29) is 23.9 Å². The number of amides is 1. The van der Waals surface area contributed by atoms with Crippen LogP contribution in [0.1, 0.15) is 19.8 Å². The minimum absolute atomic E-state index is 0.0468. The lowest BCUT2D eigenvalue weighted by Gasteiger charge is -2.23. The molecule has 2 heterocycles. The van der Waals surface area contributed by atoms with E-state index in [1.54, 1.807) is 7.05 Å². The smallest absolute Gasteiger partial charge is 0.323 e. The number of likely N-dealkylation sites (N-methyl/N-ethyl adjacent to an activating group) is 1. The van der Waals surface area contributed by atoms with E-state index in [1.807, 2.05) is 11.8 Å². The van der Waals surface area contributed by atoms with Gasteiger partial charge in [0.25, 0.3) is 0 Å². The van der Waals surface area contributed by atoms with Crippen molar-refractivity contribution in [2.45, 2.75) is 25.8 Å². The van der Waals surface area contributed by atoms with Crippen LogP contribution < -0.4 is 20.7 Å². The van der Waals surface area contributed by atoms with Crippen molar-refractivity contribution < 1.29 is 9.53 Å². The number of hydrogen-bond donors (Lipinski definition) is 2. The van der Waals surface area contributed by atoms with Crippen molar-refractivity contribution in [3.8, 4) is 6.01 Å². The van der Waals surface area contributed by atoms with Crippen molar-refractivity contribution >= 4 is 17.8 Å². The average molecular weight is 266 g/mol. The molecule has 1 unspecified atom stereocenters. The topological polar surface area (TPSA) is 106 Å². The van der Waals surface area contributed by atoms with E-state index in [2.05, 4.69) is 20.3 Å². The molecule has 1 aromatic rings. The summed E-state index contributed by atoms with van der Waals surface area (Å²) in [6.45, 7) is 3.00. The number of nitrogens with one attached hydrogen (secondary N) is 1. The molecule has 1 fully saturated rings. The van der Waals surface area contributed by atoms with Crippen molar-refractivity contribution in [2.24, 2.45) is 0 Å². The van der Waals surface area contributed by atoms with E-state index in [9.17, 15) is 4.79 Å². The van der Waals surface area contributed by atoms with Gasteiger partial charge in [0.2, 0.25) is 17.8 Å². The zero-order valence-electron chi connectivity index (χ0n) is 11.1.